The fourth-order valence-electron chi connectivity index (χ4n) is 4.31. The summed E-state index contributed by atoms with van der Waals surface area (Å²) in [6, 6.07) is 23.3. The lowest BCUT2D eigenvalue weighted by Gasteiger charge is -2.35. The number of halogens is 1. The Hall–Kier alpha value is -3.64. The zero-order chi connectivity index (χ0) is 23.5. The van der Waals surface area contributed by atoms with Crippen LogP contribution in [-0.4, -0.2) is 53.8 Å². The predicted molar refractivity (Wildman–Crippen MR) is 136 cm³/mol. The van der Waals surface area contributed by atoms with E-state index in [0.29, 0.717) is 49.1 Å². The van der Waals surface area contributed by atoms with E-state index in [1.807, 2.05) is 84.6 Å². The van der Waals surface area contributed by atoms with Crippen molar-refractivity contribution in [1.29, 1.82) is 0 Å². The molecule has 4 aromatic rings. The molecule has 172 valence electrons. The molecule has 0 spiro atoms. The molecule has 1 aliphatic heterocycles. The van der Waals surface area contributed by atoms with Crippen LogP contribution in [0.15, 0.2) is 72.8 Å². The fraction of sp³-hybridized carbons (Fsp3) is 0.222. The third-order valence-corrected chi connectivity index (χ3v) is 6.34. The normalized spacial score (nSPS) is 13.8. The Morgan fingerprint density at radius 1 is 0.912 bits per heavy atom. The Kier molecular flexibility index (Phi) is 6.32. The van der Waals surface area contributed by atoms with E-state index < -0.39 is 0 Å². The van der Waals surface area contributed by atoms with Gasteiger partial charge in [-0.1, -0.05) is 54.1 Å². The molecule has 0 unspecified atom stereocenters. The molecular formula is C27H25ClN4O2. The van der Waals surface area contributed by atoms with Crippen molar-refractivity contribution in [2.24, 2.45) is 0 Å². The third-order valence-electron chi connectivity index (χ3n) is 6.09. The molecule has 0 radical (unpaired) electrons. The molecule has 1 amide bonds. The molecule has 0 bridgehead atoms. The van der Waals surface area contributed by atoms with Crippen LogP contribution in [0, 0.1) is 0 Å². The van der Waals surface area contributed by atoms with Crippen LogP contribution in [0.4, 0.5) is 5.82 Å². The van der Waals surface area contributed by atoms with Crippen LogP contribution in [0.3, 0.4) is 0 Å². The minimum Gasteiger partial charge on any atom is -0.493 e. The predicted octanol–water partition coefficient (Wildman–Crippen LogP) is 5.31. The van der Waals surface area contributed by atoms with Gasteiger partial charge in [0.05, 0.1) is 17.9 Å². The zero-order valence-electron chi connectivity index (χ0n) is 18.9. The number of benzene rings is 3. The van der Waals surface area contributed by atoms with Gasteiger partial charge in [0.25, 0.3) is 5.91 Å². The summed E-state index contributed by atoms with van der Waals surface area (Å²) in [6.45, 7) is 5.03. The van der Waals surface area contributed by atoms with E-state index >= 15 is 0 Å². The number of nitrogens with zero attached hydrogens (tertiary/aromatic N) is 4. The quantitative estimate of drug-likeness (QED) is 0.394. The highest BCUT2D eigenvalue weighted by Crippen LogP contribution is 2.30. The number of carbonyl (C=O) groups is 1. The van der Waals surface area contributed by atoms with E-state index in [-0.39, 0.29) is 5.91 Å². The van der Waals surface area contributed by atoms with Gasteiger partial charge >= 0.3 is 0 Å². The highest BCUT2D eigenvalue weighted by atomic mass is 35.5. The first-order valence-electron chi connectivity index (χ1n) is 11.4. The number of ether oxygens (including phenoxy) is 1. The topological polar surface area (TPSA) is 58.6 Å². The van der Waals surface area contributed by atoms with E-state index in [0.717, 1.165) is 27.8 Å². The van der Waals surface area contributed by atoms with Crippen LogP contribution in [0.25, 0.3) is 22.0 Å². The van der Waals surface area contributed by atoms with Crippen molar-refractivity contribution in [1.82, 2.24) is 15.1 Å². The second-order valence-electron chi connectivity index (χ2n) is 8.16. The molecule has 5 rings (SSSR count). The van der Waals surface area contributed by atoms with Gasteiger partial charge in [0.1, 0.15) is 5.75 Å². The molecule has 1 aliphatic rings. The minimum absolute atomic E-state index is 0.00377. The first-order chi connectivity index (χ1) is 16.6. The number of rotatable bonds is 5. The van der Waals surface area contributed by atoms with Crippen LogP contribution in [0.1, 0.15) is 17.3 Å². The lowest BCUT2D eigenvalue weighted by atomic mass is 10.0. The van der Waals surface area contributed by atoms with E-state index in [1.54, 1.807) is 0 Å². The van der Waals surface area contributed by atoms with Crippen LogP contribution in [-0.2, 0) is 0 Å². The third kappa shape index (κ3) is 4.41. The van der Waals surface area contributed by atoms with Crippen molar-refractivity contribution < 1.29 is 9.53 Å². The molecule has 1 aromatic heterocycles. The van der Waals surface area contributed by atoms with Gasteiger partial charge in [-0.05, 0) is 48.0 Å². The Balaban J connectivity index is 1.31. The molecule has 0 saturated carbocycles. The first kappa shape index (κ1) is 22.2. The van der Waals surface area contributed by atoms with E-state index in [2.05, 4.69) is 15.1 Å². The van der Waals surface area contributed by atoms with Gasteiger partial charge in [-0.15, -0.1) is 10.2 Å². The van der Waals surface area contributed by atoms with Crippen LogP contribution < -0.4 is 9.64 Å². The highest BCUT2D eigenvalue weighted by Gasteiger charge is 2.26. The highest BCUT2D eigenvalue weighted by molar-refractivity contribution is 6.30. The molecule has 1 saturated heterocycles. The molecule has 6 nitrogen and oxygen atoms in total. The molecular weight excluding hydrogens is 448 g/mol. The summed E-state index contributed by atoms with van der Waals surface area (Å²) in [5, 5.41) is 11.5. The van der Waals surface area contributed by atoms with Gasteiger partial charge < -0.3 is 14.5 Å². The summed E-state index contributed by atoms with van der Waals surface area (Å²) in [4.78, 5) is 17.6. The second kappa shape index (κ2) is 9.69. The minimum atomic E-state index is 0.00377. The molecule has 3 aromatic carbocycles. The molecule has 1 fully saturated rings. The largest absolute Gasteiger partial charge is 0.493 e. The summed E-state index contributed by atoms with van der Waals surface area (Å²) in [6.07, 6.45) is 0. The molecule has 0 aliphatic carbocycles. The summed E-state index contributed by atoms with van der Waals surface area (Å²) >= 11 is 5.97. The van der Waals surface area contributed by atoms with Crippen LogP contribution in [0.2, 0.25) is 5.02 Å². The van der Waals surface area contributed by atoms with Gasteiger partial charge in [0.2, 0.25) is 0 Å². The number of amides is 1. The number of carbonyl (C=O) groups excluding carboxylic acids is 1. The van der Waals surface area contributed by atoms with Gasteiger partial charge in [-0.3, -0.25) is 4.79 Å². The van der Waals surface area contributed by atoms with Crippen molar-refractivity contribution in [2.75, 3.05) is 37.7 Å². The fourth-order valence-corrected chi connectivity index (χ4v) is 4.44. The molecule has 0 atom stereocenters. The SMILES string of the molecule is CCOc1ccc2ccccc2c1C(=O)N1CCN(c2ccc(-c3ccc(Cl)cc3)nn2)CC1. The van der Waals surface area contributed by atoms with E-state index in [4.69, 9.17) is 16.3 Å². The first-order valence-corrected chi connectivity index (χ1v) is 11.8. The summed E-state index contributed by atoms with van der Waals surface area (Å²) < 4.78 is 5.82. The molecule has 7 heteroatoms. The number of aromatic nitrogens is 2. The van der Waals surface area contributed by atoms with Crippen molar-refractivity contribution in [3.05, 3.63) is 83.4 Å². The monoisotopic (exact) mass is 472 g/mol. The number of fused-ring (bicyclic) bond motifs is 1. The van der Waals surface area contributed by atoms with Crippen molar-refractivity contribution in [3.8, 4) is 17.0 Å². The maximum atomic E-state index is 13.6. The van der Waals surface area contributed by atoms with Gasteiger partial charge in [-0.25, -0.2) is 0 Å². The van der Waals surface area contributed by atoms with Gasteiger partial charge in [0, 0.05) is 36.8 Å². The Morgan fingerprint density at radius 2 is 1.68 bits per heavy atom. The Bertz CT molecular complexity index is 1300. The summed E-state index contributed by atoms with van der Waals surface area (Å²) in [7, 11) is 0. The lowest BCUT2D eigenvalue weighted by Crippen LogP contribution is -2.49. The van der Waals surface area contributed by atoms with Crippen molar-refractivity contribution in [2.45, 2.75) is 6.92 Å². The molecule has 0 N–H and O–H groups in total. The zero-order valence-corrected chi connectivity index (χ0v) is 19.7. The van der Waals surface area contributed by atoms with Gasteiger partial charge in [-0.2, -0.15) is 0 Å². The second-order valence-corrected chi connectivity index (χ2v) is 8.59. The maximum Gasteiger partial charge on any atom is 0.258 e. The van der Waals surface area contributed by atoms with Crippen molar-refractivity contribution in [3.63, 3.8) is 0 Å². The Morgan fingerprint density at radius 3 is 2.38 bits per heavy atom. The average Bonchev–Trinajstić information content (AvgIpc) is 2.89. The standard InChI is InChI=1S/C27H25ClN4O2/c1-2-34-24-13-9-19-5-3-4-6-22(19)26(24)27(33)32-17-15-31(16-18-32)25-14-12-23(29-30-25)20-7-10-21(28)11-8-20/h3-14H,2,15-18H2,1H3. The smallest absolute Gasteiger partial charge is 0.258 e. The van der Waals surface area contributed by atoms with Crippen LogP contribution >= 0.6 is 11.6 Å². The Labute approximate surface area is 203 Å². The molecule has 34 heavy (non-hydrogen) atoms. The number of hydrogen-bond acceptors (Lipinski definition) is 5. The lowest BCUT2D eigenvalue weighted by molar-refractivity contribution is 0.0744. The van der Waals surface area contributed by atoms with E-state index in [1.165, 1.54) is 0 Å². The number of anilines is 1. The van der Waals surface area contributed by atoms with Crippen LogP contribution in [0.5, 0.6) is 5.75 Å². The maximum absolute atomic E-state index is 13.6. The van der Waals surface area contributed by atoms with Gasteiger partial charge in [0.15, 0.2) is 5.82 Å². The number of hydrogen-bond donors (Lipinski definition) is 0. The van der Waals surface area contributed by atoms with Crippen molar-refractivity contribution >= 4 is 34.1 Å². The average molecular weight is 473 g/mol. The summed E-state index contributed by atoms with van der Waals surface area (Å²) in [5.74, 6) is 1.45. The molecule has 2 heterocycles. The number of piperazine rings is 1. The summed E-state index contributed by atoms with van der Waals surface area (Å²) in [5.41, 5.74) is 2.41. The van der Waals surface area contributed by atoms with E-state index in [9.17, 15) is 4.79 Å².